The minimum Gasteiger partial charge on any atom is -0.454 e. The highest BCUT2D eigenvalue weighted by Crippen LogP contribution is 2.32. The average Bonchev–Trinajstić information content (AvgIpc) is 2.83. The molecule has 0 radical (unpaired) electrons. The summed E-state index contributed by atoms with van der Waals surface area (Å²) in [5.41, 5.74) is 1.02. The predicted molar refractivity (Wildman–Crippen MR) is 68.5 cm³/mol. The van der Waals surface area contributed by atoms with E-state index in [1.165, 1.54) is 0 Å². The largest absolute Gasteiger partial charge is 0.454 e. The second kappa shape index (κ2) is 5.76. The second-order valence-corrected chi connectivity index (χ2v) is 4.60. The lowest BCUT2D eigenvalue weighted by atomic mass is 10.1. The smallest absolute Gasteiger partial charge is 0.231 e. The summed E-state index contributed by atoms with van der Waals surface area (Å²) in [5, 5.41) is 2.94. The van der Waals surface area contributed by atoms with E-state index in [2.05, 4.69) is 12.2 Å². The van der Waals surface area contributed by atoms with E-state index in [4.69, 9.17) is 9.47 Å². The third-order valence-electron chi connectivity index (χ3n) is 3.07. The highest BCUT2D eigenvalue weighted by molar-refractivity contribution is 5.78. The molecule has 1 atom stereocenters. The summed E-state index contributed by atoms with van der Waals surface area (Å²) in [4.78, 5) is 11.8. The van der Waals surface area contributed by atoms with E-state index in [1.54, 1.807) is 0 Å². The standard InChI is InChI=1S/C14H19NO3/c1-3-4-10(2)14(16)15-8-11-5-6-12-13(7-11)18-9-17-12/h5-7,10H,3-4,8-9H2,1-2H3,(H,15,16)/t10-/m0/s1. The van der Waals surface area contributed by atoms with Gasteiger partial charge in [0.2, 0.25) is 12.7 Å². The van der Waals surface area contributed by atoms with Crippen molar-refractivity contribution in [2.24, 2.45) is 5.92 Å². The number of amides is 1. The van der Waals surface area contributed by atoms with Gasteiger partial charge in [0, 0.05) is 12.5 Å². The number of carbonyl (C=O) groups is 1. The van der Waals surface area contributed by atoms with Crippen LogP contribution in [0.3, 0.4) is 0 Å². The molecule has 18 heavy (non-hydrogen) atoms. The van der Waals surface area contributed by atoms with Crippen LogP contribution in [0.1, 0.15) is 32.3 Å². The van der Waals surface area contributed by atoms with E-state index in [-0.39, 0.29) is 18.6 Å². The van der Waals surface area contributed by atoms with Crippen molar-refractivity contribution in [3.8, 4) is 11.5 Å². The third-order valence-corrected chi connectivity index (χ3v) is 3.07. The molecule has 2 rings (SSSR count). The van der Waals surface area contributed by atoms with Gasteiger partial charge in [-0.1, -0.05) is 26.3 Å². The molecule has 1 heterocycles. The molecule has 0 bridgehead atoms. The number of hydrogen-bond donors (Lipinski definition) is 1. The van der Waals surface area contributed by atoms with Gasteiger partial charge in [-0.2, -0.15) is 0 Å². The average molecular weight is 249 g/mol. The van der Waals surface area contributed by atoms with Gasteiger partial charge in [0.05, 0.1) is 0 Å². The molecule has 0 saturated heterocycles. The van der Waals surface area contributed by atoms with Crippen molar-refractivity contribution < 1.29 is 14.3 Å². The Balaban J connectivity index is 1.88. The quantitative estimate of drug-likeness (QED) is 0.872. The fraction of sp³-hybridized carbons (Fsp3) is 0.500. The molecular weight excluding hydrogens is 230 g/mol. The zero-order valence-corrected chi connectivity index (χ0v) is 10.9. The molecule has 0 aromatic heterocycles. The van der Waals surface area contributed by atoms with Crippen LogP contribution in [0.2, 0.25) is 0 Å². The summed E-state index contributed by atoms with van der Waals surface area (Å²) >= 11 is 0. The number of fused-ring (bicyclic) bond motifs is 1. The first-order chi connectivity index (χ1) is 8.70. The first kappa shape index (κ1) is 12.7. The van der Waals surface area contributed by atoms with Crippen LogP contribution in [-0.2, 0) is 11.3 Å². The van der Waals surface area contributed by atoms with Crippen molar-refractivity contribution in [3.63, 3.8) is 0 Å². The van der Waals surface area contributed by atoms with Crippen LogP contribution in [0.25, 0.3) is 0 Å². The number of rotatable bonds is 5. The Morgan fingerprint density at radius 3 is 2.94 bits per heavy atom. The summed E-state index contributed by atoms with van der Waals surface area (Å²) in [6.07, 6.45) is 1.95. The Morgan fingerprint density at radius 2 is 2.17 bits per heavy atom. The highest BCUT2D eigenvalue weighted by atomic mass is 16.7. The molecule has 1 aromatic carbocycles. The van der Waals surface area contributed by atoms with Crippen LogP contribution in [0.15, 0.2) is 18.2 Å². The van der Waals surface area contributed by atoms with Gasteiger partial charge in [0.15, 0.2) is 11.5 Å². The summed E-state index contributed by atoms with van der Waals surface area (Å²) in [5.74, 6) is 1.70. The van der Waals surface area contributed by atoms with Gasteiger partial charge >= 0.3 is 0 Å². The van der Waals surface area contributed by atoms with Gasteiger partial charge in [-0.3, -0.25) is 4.79 Å². The Hall–Kier alpha value is -1.71. The van der Waals surface area contributed by atoms with Crippen molar-refractivity contribution in [2.45, 2.75) is 33.2 Å². The van der Waals surface area contributed by atoms with Gasteiger partial charge in [0.25, 0.3) is 0 Å². The molecule has 4 nitrogen and oxygen atoms in total. The minimum atomic E-state index is 0.0732. The first-order valence-electron chi connectivity index (χ1n) is 6.37. The van der Waals surface area contributed by atoms with Crippen molar-refractivity contribution in [1.29, 1.82) is 0 Å². The maximum atomic E-state index is 11.8. The molecule has 0 spiro atoms. The Labute approximate surface area is 107 Å². The lowest BCUT2D eigenvalue weighted by Gasteiger charge is -2.11. The summed E-state index contributed by atoms with van der Waals surface area (Å²) < 4.78 is 10.5. The third kappa shape index (κ3) is 2.94. The zero-order valence-electron chi connectivity index (χ0n) is 10.9. The molecule has 0 fully saturated rings. The van der Waals surface area contributed by atoms with Crippen molar-refractivity contribution in [2.75, 3.05) is 6.79 Å². The molecule has 98 valence electrons. The van der Waals surface area contributed by atoms with Gasteiger partial charge in [-0.25, -0.2) is 0 Å². The van der Waals surface area contributed by atoms with E-state index in [0.717, 1.165) is 29.9 Å². The van der Waals surface area contributed by atoms with E-state index in [1.807, 2.05) is 25.1 Å². The maximum Gasteiger partial charge on any atom is 0.231 e. The van der Waals surface area contributed by atoms with E-state index < -0.39 is 0 Å². The minimum absolute atomic E-state index is 0.0732. The van der Waals surface area contributed by atoms with E-state index in [0.29, 0.717) is 6.54 Å². The summed E-state index contributed by atoms with van der Waals surface area (Å²) in [6.45, 7) is 4.85. The number of carbonyl (C=O) groups excluding carboxylic acids is 1. The van der Waals surface area contributed by atoms with Gasteiger partial charge in [0.1, 0.15) is 0 Å². The lowest BCUT2D eigenvalue weighted by molar-refractivity contribution is -0.124. The van der Waals surface area contributed by atoms with E-state index in [9.17, 15) is 4.79 Å². The predicted octanol–water partition coefficient (Wildman–Crippen LogP) is 2.47. The Morgan fingerprint density at radius 1 is 1.39 bits per heavy atom. The SMILES string of the molecule is CCC[C@H](C)C(=O)NCc1ccc2c(c1)OCO2. The first-order valence-corrected chi connectivity index (χ1v) is 6.37. The van der Waals surface area contributed by atoms with Gasteiger partial charge < -0.3 is 14.8 Å². The van der Waals surface area contributed by atoms with Crippen molar-refractivity contribution in [1.82, 2.24) is 5.32 Å². The Kier molecular flexibility index (Phi) is 4.07. The molecule has 1 aromatic rings. The molecule has 0 unspecified atom stereocenters. The summed E-state index contributed by atoms with van der Waals surface area (Å²) in [7, 11) is 0. The fourth-order valence-corrected chi connectivity index (χ4v) is 1.98. The lowest BCUT2D eigenvalue weighted by Crippen LogP contribution is -2.28. The second-order valence-electron chi connectivity index (χ2n) is 4.60. The number of hydrogen-bond acceptors (Lipinski definition) is 3. The topological polar surface area (TPSA) is 47.6 Å². The molecule has 1 aliphatic rings. The normalized spacial score (nSPS) is 14.3. The molecule has 1 amide bonds. The van der Waals surface area contributed by atoms with Crippen LogP contribution >= 0.6 is 0 Å². The monoisotopic (exact) mass is 249 g/mol. The van der Waals surface area contributed by atoms with E-state index >= 15 is 0 Å². The van der Waals surface area contributed by atoms with Crippen LogP contribution in [0.5, 0.6) is 11.5 Å². The zero-order chi connectivity index (χ0) is 13.0. The van der Waals surface area contributed by atoms with Gasteiger partial charge in [-0.15, -0.1) is 0 Å². The van der Waals surface area contributed by atoms with Crippen LogP contribution in [-0.4, -0.2) is 12.7 Å². The highest BCUT2D eigenvalue weighted by Gasteiger charge is 2.14. The summed E-state index contributed by atoms with van der Waals surface area (Å²) in [6, 6.07) is 5.73. The van der Waals surface area contributed by atoms with Crippen LogP contribution < -0.4 is 14.8 Å². The molecule has 4 heteroatoms. The fourth-order valence-electron chi connectivity index (χ4n) is 1.98. The Bertz CT molecular complexity index is 431. The molecular formula is C14H19NO3. The molecule has 1 aliphatic heterocycles. The number of ether oxygens (including phenoxy) is 2. The van der Waals surface area contributed by atoms with Crippen molar-refractivity contribution >= 4 is 5.91 Å². The van der Waals surface area contributed by atoms with Gasteiger partial charge in [-0.05, 0) is 24.1 Å². The molecule has 1 N–H and O–H groups in total. The van der Waals surface area contributed by atoms with Crippen molar-refractivity contribution in [3.05, 3.63) is 23.8 Å². The van der Waals surface area contributed by atoms with Crippen LogP contribution in [0, 0.1) is 5.92 Å². The van der Waals surface area contributed by atoms with Crippen LogP contribution in [0.4, 0.5) is 0 Å². The number of benzene rings is 1. The molecule has 0 aliphatic carbocycles. The molecule has 0 saturated carbocycles. The number of nitrogens with one attached hydrogen (secondary N) is 1. The maximum absolute atomic E-state index is 11.8.